The highest BCUT2D eigenvalue weighted by atomic mass is 16.4. The number of carbonyl (C=O) groups excluding carboxylic acids is 1. The summed E-state index contributed by atoms with van der Waals surface area (Å²) in [5, 5.41) is 19.3. The lowest BCUT2D eigenvalue weighted by Crippen LogP contribution is -2.46. The largest absolute Gasteiger partial charge is 0.481 e. The summed E-state index contributed by atoms with van der Waals surface area (Å²) in [5.41, 5.74) is 0. The molecule has 1 aliphatic rings. The molecule has 1 aromatic heterocycles. The lowest BCUT2D eigenvalue weighted by Gasteiger charge is -2.27. The van der Waals surface area contributed by atoms with Crippen LogP contribution in [-0.2, 0) is 17.9 Å². The molecule has 104 valence electrons. The van der Waals surface area contributed by atoms with Crippen molar-refractivity contribution in [2.24, 2.45) is 5.92 Å². The molecule has 0 aromatic carbocycles. The number of carbonyl (C=O) groups is 2. The van der Waals surface area contributed by atoms with Crippen molar-refractivity contribution >= 4 is 12.0 Å². The van der Waals surface area contributed by atoms with E-state index in [0.29, 0.717) is 26.1 Å². The van der Waals surface area contributed by atoms with Crippen molar-refractivity contribution < 1.29 is 14.7 Å². The van der Waals surface area contributed by atoms with Crippen LogP contribution in [0, 0.1) is 5.92 Å². The highest BCUT2D eigenvalue weighted by molar-refractivity contribution is 5.76. The maximum atomic E-state index is 11.9. The molecule has 1 atom stereocenters. The Balaban J connectivity index is 1.86. The van der Waals surface area contributed by atoms with Gasteiger partial charge < -0.3 is 19.9 Å². The predicted octanol–water partition coefficient (Wildman–Crippen LogP) is -0.0859. The summed E-state index contributed by atoms with van der Waals surface area (Å²) in [6, 6.07) is -0.256. The Kier molecular flexibility index (Phi) is 3.98. The molecule has 1 aromatic rings. The van der Waals surface area contributed by atoms with Gasteiger partial charge in [0.25, 0.3) is 0 Å². The third-order valence-corrected chi connectivity index (χ3v) is 3.27. The molecule has 8 heteroatoms. The monoisotopic (exact) mass is 267 g/mol. The molecule has 2 N–H and O–H groups in total. The van der Waals surface area contributed by atoms with E-state index >= 15 is 0 Å². The molecule has 8 nitrogen and oxygen atoms in total. The minimum Gasteiger partial charge on any atom is -0.481 e. The first kappa shape index (κ1) is 13.3. The molecule has 2 heterocycles. The van der Waals surface area contributed by atoms with Gasteiger partial charge in [0.1, 0.15) is 6.33 Å². The normalized spacial score (nSPS) is 15.7. The zero-order valence-corrected chi connectivity index (χ0v) is 10.7. The van der Waals surface area contributed by atoms with Gasteiger partial charge in [-0.3, -0.25) is 4.79 Å². The van der Waals surface area contributed by atoms with E-state index in [0.717, 1.165) is 5.82 Å². The average molecular weight is 267 g/mol. The third kappa shape index (κ3) is 3.01. The summed E-state index contributed by atoms with van der Waals surface area (Å²) in [7, 11) is 0. The van der Waals surface area contributed by atoms with Gasteiger partial charge in [0, 0.05) is 19.6 Å². The Morgan fingerprint density at radius 1 is 1.53 bits per heavy atom. The predicted molar refractivity (Wildman–Crippen MR) is 65.2 cm³/mol. The van der Waals surface area contributed by atoms with Crippen molar-refractivity contribution in [2.75, 3.05) is 13.1 Å². The van der Waals surface area contributed by atoms with Crippen LogP contribution < -0.4 is 5.32 Å². The second-order valence-corrected chi connectivity index (χ2v) is 4.49. The van der Waals surface area contributed by atoms with Crippen LogP contribution in [0.3, 0.4) is 0 Å². The quantitative estimate of drug-likeness (QED) is 0.794. The second-order valence-electron chi connectivity index (χ2n) is 4.49. The lowest BCUT2D eigenvalue weighted by atomic mass is 10.1. The standard InChI is InChI=1S/C11H17N5O3/c1-2-8(10(17)18)5-12-11(19)15-3-4-16-7-13-14-9(16)6-15/h7-8H,2-6H2,1H3,(H,12,19)(H,17,18). The van der Waals surface area contributed by atoms with Crippen LogP contribution in [0.5, 0.6) is 0 Å². The average Bonchev–Trinajstić information content (AvgIpc) is 2.85. The first-order valence-electron chi connectivity index (χ1n) is 6.24. The summed E-state index contributed by atoms with van der Waals surface area (Å²) in [6.45, 7) is 3.56. The van der Waals surface area contributed by atoms with Gasteiger partial charge in [-0.05, 0) is 6.42 Å². The van der Waals surface area contributed by atoms with Crippen molar-refractivity contribution in [3.8, 4) is 0 Å². The molecule has 2 amide bonds. The Morgan fingerprint density at radius 2 is 2.32 bits per heavy atom. The maximum Gasteiger partial charge on any atom is 0.317 e. The van der Waals surface area contributed by atoms with Gasteiger partial charge in [-0.25, -0.2) is 4.79 Å². The number of urea groups is 1. The SMILES string of the molecule is CCC(CNC(=O)N1CCn2cnnc2C1)C(=O)O. The zero-order valence-electron chi connectivity index (χ0n) is 10.7. The number of rotatable bonds is 4. The molecule has 0 radical (unpaired) electrons. The Morgan fingerprint density at radius 3 is 3.00 bits per heavy atom. The number of carboxylic acid groups (broad SMARTS) is 1. The van der Waals surface area contributed by atoms with Gasteiger partial charge in [0.15, 0.2) is 5.82 Å². The zero-order chi connectivity index (χ0) is 13.8. The van der Waals surface area contributed by atoms with E-state index in [4.69, 9.17) is 5.11 Å². The van der Waals surface area contributed by atoms with Crippen molar-refractivity contribution in [1.29, 1.82) is 0 Å². The molecule has 0 saturated carbocycles. The van der Waals surface area contributed by atoms with E-state index in [1.165, 1.54) is 0 Å². The van der Waals surface area contributed by atoms with Crippen LogP contribution in [0.4, 0.5) is 4.79 Å². The first-order valence-corrected chi connectivity index (χ1v) is 6.24. The molecular weight excluding hydrogens is 250 g/mol. The summed E-state index contributed by atoms with van der Waals surface area (Å²) in [5.74, 6) is -0.690. The second kappa shape index (κ2) is 5.68. The van der Waals surface area contributed by atoms with Crippen LogP contribution in [-0.4, -0.2) is 49.9 Å². The van der Waals surface area contributed by atoms with Gasteiger partial charge in [0.2, 0.25) is 0 Å². The van der Waals surface area contributed by atoms with Crippen LogP contribution in [0.2, 0.25) is 0 Å². The third-order valence-electron chi connectivity index (χ3n) is 3.27. The number of aliphatic carboxylic acids is 1. The number of aromatic nitrogens is 3. The van der Waals surface area contributed by atoms with Crippen LogP contribution >= 0.6 is 0 Å². The van der Waals surface area contributed by atoms with E-state index in [2.05, 4.69) is 15.5 Å². The number of hydrogen-bond acceptors (Lipinski definition) is 4. The van der Waals surface area contributed by atoms with Crippen molar-refractivity contribution in [3.63, 3.8) is 0 Å². The number of nitrogens with zero attached hydrogens (tertiary/aromatic N) is 4. The summed E-state index contributed by atoms with van der Waals surface area (Å²) in [4.78, 5) is 24.4. The van der Waals surface area contributed by atoms with Crippen LogP contribution in [0.25, 0.3) is 0 Å². The minimum absolute atomic E-state index is 0.147. The minimum atomic E-state index is -0.888. The Labute approximate surface area is 110 Å². The van der Waals surface area contributed by atoms with E-state index in [-0.39, 0.29) is 12.6 Å². The number of amides is 2. The fourth-order valence-electron chi connectivity index (χ4n) is 1.97. The number of nitrogens with one attached hydrogen (secondary N) is 1. The van der Waals surface area contributed by atoms with Gasteiger partial charge in [0.05, 0.1) is 12.5 Å². The fourth-order valence-corrected chi connectivity index (χ4v) is 1.97. The molecular formula is C11H17N5O3. The summed E-state index contributed by atoms with van der Waals surface area (Å²) in [6.07, 6.45) is 2.13. The highest BCUT2D eigenvalue weighted by Gasteiger charge is 2.23. The molecule has 19 heavy (non-hydrogen) atoms. The summed E-state index contributed by atoms with van der Waals surface area (Å²) >= 11 is 0. The van der Waals surface area contributed by atoms with Gasteiger partial charge in [-0.1, -0.05) is 6.92 Å². The van der Waals surface area contributed by atoms with Crippen molar-refractivity contribution in [1.82, 2.24) is 25.0 Å². The Hall–Kier alpha value is -2.12. The van der Waals surface area contributed by atoms with E-state index in [1.54, 1.807) is 18.2 Å². The van der Waals surface area contributed by atoms with Gasteiger partial charge in [-0.15, -0.1) is 10.2 Å². The number of fused-ring (bicyclic) bond motifs is 1. The lowest BCUT2D eigenvalue weighted by molar-refractivity contribution is -0.141. The van der Waals surface area contributed by atoms with Gasteiger partial charge in [-0.2, -0.15) is 0 Å². The van der Waals surface area contributed by atoms with E-state index < -0.39 is 11.9 Å². The number of carboxylic acids is 1. The smallest absolute Gasteiger partial charge is 0.317 e. The molecule has 0 saturated heterocycles. The van der Waals surface area contributed by atoms with E-state index in [9.17, 15) is 9.59 Å². The van der Waals surface area contributed by atoms with Crippen molar-refractivity contribution in [3.05, 3.63) is 12.2 Å². The molecule has 1 aliphatic heterocycles. The summed E-state index contributed by atoms with van der Waals surface area (Å²) < 4.78 is 1.90. The van der Waals surface area contributed by atoms with Gasteiger partial charge >= 0.3 is 12.0 Å². The highest BCUT2D eigenvalue weighted by Crippen LogP contribution is 2.09. The maximum absolute atomic E-state index is 11.9. The first-order chi connectivity index (χ1) is 9.11. The molecule has 0 bridgehead atoms. The topological polar surface area (TPSA) is 100 Å². The molecule has 1 unspecified atom stereocenters. The molecule has 2 rings (SSSR count). The van der Waals surface area contributed by atoms with Crippen LogP contribution in [0.1, 0.15) is 19.2 Å². The molecule has 0 aliphatic carbocycles. The fraction of sp³-hybridized carbons (Fsp3) is 0.636. The Bertz CT molecular complexity index is 473. The van der Waals surface area contributed by atoms with Crippen LogP contribution in [0.15, 0.2) is 6.33 Å². The van der Waals surface area contributed by atoms with E-state index in [1.807, 2.05) is 4.57 Å². The molecule has 0 spiro atoms. The molecule has 0 fully saturated rings. The number of hydrogen-bond donors (Lipinski definition) is 2. The van der Waals surface area contributed by atoms with Crippen molar-refractivity contribution in [2.45, 2.75) is 26.4 Å².